The Morgan fingerprint density at radius 3 is 2.75 bits per heavy atom. The van der Waals surface area contributed by atoms with Crippen LogP contribution in [0.2, 0.25) is 5.02 Å². The van der Waals surface area contributed by atoms with Crippen molar-refractivity contribution < 1.29 is 22.7 Å². The van der Waals surface area contributed by atoms with E-state index in [1.807, 2.05) is 13.8 Å². The average molecular weight is 424 g/mol. The molecule has 0 N–H and O–H groups in total. The molecule has 1 aliphatic rings. The quantitative estimate of drug-likeness (QED) is 0.724. The molecule has 1 aromatic heterocycles. The molecule has 8 heteroatoms. The lowest BCUT2D eigenvalue weighted by Gasteiger charge is -2.16. The number of halogens is 1. The molecular weight excluding hydrogens is 402 g/mol. The number of nitrogens with zero attached hydrogens (tertiary/aromatic N) is 1. The standard InChI is InChI=1S/C20H22ClNO5S/c1-12(2)14-7-17(23)16-6-13(9-22-20(16)27-10-14)11-28(24,25)19-8-15(21)4-5-18(19)26-3/h4-6,8-9,12,14H,7,10-11H2,1-3H3/t14-/m1/s1. The number of sulfone groups is 1. The van der Waals surface area contributed by atoms with E-state index in [9.17, 15) is 13.2 Å². The first-order chi connectivity index (χ1) is 13.2. The van der Waals surface area contributed by atoms with Crippen LogP contribution in [0.15, 0.2) is 35.4 Å². The Morgan fingerprint density at radius 1 is 1.32 bits per heavy atom. The molecule has 6 nitrogen and oxygen atoms in total. The van der Waals surface area contributed by atoms with E-state index in [1.54, 1.807) is 12.1 Å². The van der Waals surface area contributed by atoms with Crippen molar-refractivity contribution in [3.8, 4) is 11.6 Å². The van der Waals surface area contributed by atoms with Crippen molar-refractivity contribution >= 4 is 27.2 Å². The second-order valence-electron chi connectivity index (χ2n) is 7.19. The molecular formula is C20H22ClNO5S. The van der Waals surface area contributed by atoms with E-state index in [-0.39, 0.29) is 34.0 Å². The Kier molecular flexibility index (Phi) is 5.95. The molecule has 0 saturated carbocycles. The SMILES string of the molecule is COc1ccc(Cl)cc1S(=O)(=O)Cc1cnc2c(c1)C(=O)C[C@@H](C(C)C)CO2. The van der Waals surface area contributed by atoms with Crippen molar-refractivity contribution in [2.45, 2.75) is 30.9 Å². The van der Waals surface area contributed by atoms with Crippen molar-refractivity contribution in [2.24, 2.45) is 11.8 Å². The molecule has 0 amide bonds. The molecule has 28 heavy (non-hydrogen) atoms. The van der Waals surface area contributed by atoms with Gasteiger partial charge in [-0.1, -0.05) is 25.4 Å². The van der Waals surface area contributed by atoms with E-state index in [2.05, 4.69) is 4.98 Å². The molecule has 3 rings (SSSR count). The van der Waals surface area contributed by atoms with Gasteiger partial charge in [-0.3, -0.25) is 4.79 Å². The summed E-state index contributed by atoms with van der Waals surface area (Å²) in [7, 11) is -2.36. The van der Waals surface area contributed by atoms with Crippen molar-refractivity contribution in [3.63, 3.8) is 0 Å². The second kappa shape index (κ2) is 8.09. The maximum absolute atomic E-state index is 12.9. The van der Waals surface area contributed by atoms with Crippen LogP contribution in [-0.4, -0.2) is 32.9 Å². The van der Waals surface area contributed by atoms with Crippen LogP contribution in [0.4, 0.5) is 0 Å². The van der Waals surface area contributed by atoms with Crippen molar-refractivity contribution in [1.29, 1.82) is 0 Å². The fraction of sp³-hybridized carbons (Fsp3) is 0.400. The zero-order valence-corrected chi connectivity index (χ0v) is 17.5. The number of hydrogen-bond donors (Lipinski definition) is 0. The molecule has 1 atom stereocenters. The van der Waals surface area contributed by atoms with Gasteiger partial charge in [-0.25, -0.2) is 13.4 Å². The van der Waals surface area contributed by atoms with Gasteiger partial charge in [-0.2, -0.15) is 0 Å². The van der Waals surface area contributed by atoms with E-state index < -0.39 is 9.84 Å². The molecule has 0 aliphatic carbocycles. The third-order valence-corrected chi connectivity index (χ3v) is 6.79. The summed E-state index contributed by atoms with van der Waals surface area (Å²) in [5.74, 6) is 0.461. The van der Waals surface area contributed by atoms with Gasteiger partial charge in [0.2, 0.25) is 5.88 Å². The summed E-state index contributed by atoms with van der Waals surface area (Å²) in [6.45, 7) is 4.50. The third-order valence-electron chi connectivity index (χ3n) is 4.85. The summed E-state index contributed by atoms with van der Waals surface area (Å²) in [6, 6.07) is 5.98. The number of aromatic nitrogens is 1. The lowest BCUT2D eigenvalue weighted by atomic mass is 9.90. The van der Waals surface area contributed by atoms with Crippen LogP contribution < -0.4 is 9.47 Å². The number of hydrogen-bond acceptors (Lipinski definition) is 6. The monoisotopic (exact) mass is 423 g/mol. The molecule has 0 spiro atoms. The Labute approximate surface area is 169 Å². The molecule has 1 aromatic carbocycles. The van der Waals surface area contributed by atoms with Gasteiger partial charge in [0.1, 0.15) is 10.6 Å². The Morgan fingerprint density at radius 2 is 2.07 bits per heavy atom. The molecule has 0 bridgehead atoms. The van der Waals surface area contributed by atoms with E-state index in [0.29, 0.717) is 35.1 Å². The molecule has 0 radical (unpaired) electrons. The highest BCUT2D eigenvalue weighted by Gasteiger charge is 2.28. The first-order valence-corrected chi connectivity index (χ1v) is 11.0. The van der Waals surface area contributed by atoms with E-state index in [1.165, 1.54) is 25.4 Å². The zero-order chi connectivity index (χ0) is 20.5. The van der Waals surface area contributed by atoms with E-state index in [4.69, 9.17) is 21.1 Å². The molecule has 0 saturated heterocycles. The molecule has 2 aromatic rings. The highest BCUT2D eigenvalue weighted by Crippen LogP contribution is 2.32. The van der Waals surface area contributed by atoms with E-state index >= 15 is 0 Å². The maximum atomic E-state index is 12.9. The van der Waals surface area contributed by atoms with Gasteiger partial charge in [0, 0.05) is 23.6 Å². The lowest BCUT2D eigenvalue weighted by Crippen LogP contribution is -2.18. The van der Waals surface area contributed by atoms with Crippen molar-refractivity contribution in [3.05, 3.63) is 46.6 Å². The summed E-state index contributed by atoms with van der Waals surface area (Å²) < 4.78 is 36.7. The molecule has 0 fully saturated rings. The number of benzene rings is 1. The van der Waals surface area contributed by atoms with Crippen LogP contribution in [0.1, 0.15) is 36.2 Å². The first kappa shape index (κ1) is 20.6. The third kappa shape index (κ3) is 4.31. The van der Waals surface area contributed by atoms with Crippen molar-refractivity contribution in [1.82, 2.24) is 4.98 Å². The summed E-state index contributed by atoms with van der Waals surface area (Å²) in [4.78, 5) is 16.8. The first-order valence-electron chi connectivity index (χ1n) is 8.92. The van der Waals surface area contributed by atoms with Gasteiger partial charge in [0.15, 0.2) is 15.6 Å². The minimum absolute atomic E-state index is 0.000101. The van der Waals surface area contributed by atoms with Gasteiger partial charge < -0.3 is 9.47 Å². The maximum Gasteiger partial charge on any atom is 0.224 e. The van der Waals surface area contributed by atoms with Crippen LogP contribution in [0.3, 0.4) is 0 Å². The predicted molar refractivity (Wildman–Crippen MR) is 106 cm³/mol. The van der Waals surface area contributed by atoms with Gasteiger partial charge in [-0.15, -0.1) is 0 Å². The van der Waals surface area contributed by atoms with Crippen LogP contribution in [0, 0.1) is 11.8 Å². The Bertz CT molecular complexity index is 1000. The minimum atomic E-state index is -3.76. The van der Waals surface area contributed by atoms with Gasteiger partial charge >= 0.3 is 0 Å². The highest BCUT2D eigenvalue weighted by atomic mass is 35.5. The normalized spacial score (nSPS) is 17.0. The topological polar surface area (TPSA) is 82.6 Å². The Hall–Kier alpha value is -2.12. The lowest BCUT2D eigenvalue weighted by molar-refractivity contribution is 0.0945. The predicted octanol–water partition coefficient (Wildman–Crippen LogP) is 3.95. The summed E-state index contributed by atoms with van der Waals surface area (Å²) in [6.07, 6.45) is 1.78. The number of carbonyl (C=O) groups excluding carboxylic acids is 1. The smallest absolute Gasteiger partial charge is 0.224 e. The largest absolute Gasteiger partial charge is 0.495 e. The number of ether oxygens (including phenoxy) is 2. The van der Waals surface area contributed by atoms with Crippen LogP contribution in [-0.2, 0) is 15.6 Å². The number of ketones is 1. The molecule has 150 valence electrons. The van der Waals surface area contributed by atoms with Gasteiger partial charge in [0.25, 0.3) is 0 Å². The highest BCUT2D eigenvalue weighted by molar-refractivity contribution is 7.90. The molecule has 2 heterocycles. The average Bonchev–Trinajstić information content (AvgIpc) is 2.81. The zero-order valence-electron chi connectivity index (χ0n) is 15.9. The molecule has 1 aliphatic heterocycles. The summed E-state index contributed by atoms with van der Waals surface area (Å²) >= 11 is 5.96. The summed E-state index contributed by atoms with van der Waals surface area (Å²) in [5.41, 5.74) is 0.731. The fourth-order valence-electron chi connectivity index (χ4n) is 3.10. The van der Waals surface area contributed by atoms with Crippen LogP contribution >= 0.6 is 11.6 Å². The minimum Gasteiger partial charge on any atom is -0.495 e. The number of carbonyl (C=O) groups is 1. The van der Waals surface area contributed by atoms with Crippen LogP contribution in [0.25, 0.3) is 0 Å². The fourth-order valence-corrected chi connectivity index (χ4v) is 4.85. The molecule has 0 unspecified atom stereocenters. The Balaban J connectivity index is 1.92. The van der Waals surface area contributed by atoms with Gasteiger partial charge in [-0.05, 0) is 35.7 Å². The van der Waals surface area contributed by atoms with Crippen LogP contribution in [0.5, 0.6) is 11.6 Å². The number of Topliss-reactive ketones (excluding diaryl/α,β-unsaturated/α-hetero) is 1. The van der Waals surface area contributed by atoms with E-state index in [0.717, 1.165) is 0 Å². The number of pyridine rings is 1. The number of methoxy groups -OCH3 is 1. The van der Waals surface area contributed by atoms with Gasteiger partial charge in [0.05, 0.1) is 25.0 Å². The second-order valence-corrected chi connectivity index (χ2v) is 9.59. The van der Waals surface area contributed by atoms with Crippen molar-refractivity contribution in [2.75, 3.05) is 13.7 Å². The number of fused-ring (bicyclic) bond motifs is 1. The summed E-state index contributed by atoms with van der Waals surface area (Å²) in [5, 5.41) is 0.294. The number of rotatable bonds is 5.